The van der Waals surface area contributed by atoms with Gasteiger partial charge in [-0.05, 0) is 12.0 Å². The maximum absolute atomic E-state index is 12.4. The standard InChI is InChI=1S/C15H17BO4/c1-2-15-9-19-12(13(16)20-15)11(15)14(17)18-8-10-6-4-3-5-7-10/h3-7,11-13H,2,8-9H2,1H3/t11-,12?,13+,15-/m0/s1. The molecule has 4 atom stereocenters. The van der Waals surface area contributed by atoms with E-state index in [1.807, 2.05) is 37.3 Å². The minimum Gasteiger partial charge on any atom is -0.460 e. The molecule has 2 aliphatic heterocycles. The Morgan fingerprint density at radius 2 is 2.20 bits per heavy atom. The summed E-state index contributed by atoms with van der Waals surface area (Å²) in [5.41, 5.74) is 0.348. The summed E-state index contributed by atoms with van der Waals surface area (Å²) >= 11 is 0. The third-order valence-electron chi connectivity index (χ3n) is 4.19. The first-order chi connectivity index (χ1) is 9.66. The lowest BCUT2D eigenvalue weighted by molar-refractivity contribution is -0.155. The molecule has 104 valence electrons. The van der Waals surface area contributed by atoms with Gasteiger partial charge in [-0.2, -0.15) is 0 Å². The van der Waals surface area contributed by atoms with Crippen LogP contribution in [0.4, 0.5) is 0 Å². The number of benzene rings is 1. The van der Waals surface area contributed by atoms with Gasteiger partial charge in [0.1, 0.15) is 26.0 Å². The van der Waals surface area contributed by atoms with E-state index < -0.39 is 23.6 Å². The Morgan fingerprint density at radius 3 is 2.85 bits per heavy atom. The summed E-state index contributed by atoms with van der Waals surface area (Å²) in [6.45, 7) is 2.64. The molecule has 1 aromatic rings. The molecule has 3 rings (SSSR count). The van der Waals surface area contributed by atoms with E-state index in [1.54, 1.807) is 0 Å². The SMILES string of the molecule is [B][C@@H]1O[C@@]2(CC)COC1[C@H]2C(=O)OCc1ccccc1. The fourth-order valence-corrected chi connectivity index (χ4v) is 3.03. The van der Waals surface area contributed by atoms with Gasteiger partial charge in [0, 0.05) is 6.00 Å². The monoisotopic (exact) mass is 272 g/mol. The van der Waals surface area contributed by atoms with E-state index in [2.05, 4.69) is 0 Å². The van der Waals surface area contributed by atoms with Crippen LogP contribution in [0.15, 0.2) is 30.3 Å². The maximum Gasteiger partial charge on any atom is 0.315 e. The highest BCUT2D eigenvalue weighted by Crippen LogP contribution is 2.46. The lowest BCUT2D eigenvalue weighted by atomic mass is 9.83. The van der Waals surface area contributed by atoms with Gasteiger partial charge >= 0.3 is 5.97 Å². The van der Waals surface area contributed by atoms with Gasteiger partial charge in [0.2, 0.25) is 0 Å². The molecule has 20 heavy (non-hydrogen) atoms. The normalized spacial score (nSPS) is 35.1. The van der Waals surface area contributed by atoms with Crippen molar-refractivity contribution in [2.75, 3.05) is 6.61 Å². The molecule has 2 saturated heterocycles. The van der Waals surface area contributed by atoms with Crippen molar-refractivity contribution in [3.8, 4) is 0 Å². The van der Waals surface area contributed by atoms with Gasteiger partial charge in [-0.1, -0.05) is 37.3 Å². The Balaban J connectivity index is 1.68. The van der Waals surface area contributed by atoms with E-state index in [9.17, 15) is 4.79 Å². The van der Waals surface area contributed by atoms with Crippen molar-refractivity contribution in [2.45, 2.75) is 37.7 Å². The summed E-state index contributed by atoms with van der Waals surface area (Å²) in [5, 5.41) is 0. The van der Waals surface area contributed by atoms with E-state index in [0.29, 0.717) is 13.0 Å². The van der Waals surface area contributed by atoms with Gasteiger partial charge in [-0.25, -0.2) is 0 Å². The molecule has 2 aliphatic rings. The van der Waals surface area contributed by atoms with Crippen LogP contribution in [0.5, 0.6) is 0 Å². The Labute approximate surface area is 119 Å². The number of hydrogen-bond acceptors (Lipinski definition) is 4. The smallest absolute Gasteiger partial charge is 0.315 e. The molecule has 1 unspecified atom stereocenters. The van der Waals surface area contributed by atoms with Crippen LogP contribution >= 0.6 is 0 Å². The zero-order valence-corrected chi connectivity index (χ0v) is 11.5. The van der Waals surface area contributed by atoms with Gasteiger partial charge < -0.3 is 14.2 Å². The molecule has 0 saturated carbocycles. The van der Waals surface area contributed by atoms with Crippen LogP contribution in [0.1, 0.15) is 18.9 Å². The van der Waals surface area contributed by atoms with Crippen LogP contribution in [0.3, 0.4) is 0 Å². The first kappa shape index (κ1) is 13.6. The third kappa shape index (κ3) is 2.15. The fourth-order valence-electron chi connectivity index (χ4n) is 3.03. The van der Waals surface area contributed by atoms with E-state index in [1.165, 1.54) is 0 Å². The van der Waals surface area contributed by atoms with E-state index in [0.717, 1.165) is 5.56 Å². The fraction of sp³-hybridized carbons (Fsp3) is 0.533. The number of fused-ring (bicyclic) bond motifs is 2. The third-order valence-corrected chi connectivity index (χ3v) is 4.19. The van der Waals surface area contributed by atoms with Crippen LogP contribution in [0.25, 0.3) is 0 Å². The zero-order chi connectivity index (χ0) is 14.2. The quantitative estimate of drug-likeness (QED) is 0.614. The number of hydrogen-bond donors (Lipinski definition) is 0. The van der Waals surface area contributed by atoms with Gasteiger partial charge in [0.05, 0.1) is 12.7 Å². The molecule has 0 N–H and O–H groups in total. The minimum absolute atomic E-state index is 0.262. The first-order valence-corrected chi connectivity index (χ1v) is 6.92. The molecule has 0 aliphatic carbocycles. The van der Waals surface area contributed by atoms with Gasteiger partial charge in [-0.15, -0.1) is 0 Å². The molecule has 0 aromatic heterocycles. The lowest BCUT2D eigenvalue weighted by Crippen LogP contribution is -2.40. The molecule has 0 amide bonds. The highest BCUT2D eigenvalue weighted by atomic mass is 16.6. The summed E-state index contributed by atoms with van der Waals surface area (Å²) < 4.78 is 16.7. The van der Waals surface area contributed by atoms with Crippen molar-refractivity contribution in [3.63, 3.8) is 0 Å². The van der Waals surface area contributed by atoms with Crippen molar-refractivity contribution in [2.24, 2.45) is 5.92 Å². The van der Waals surface area contributed by atoms with Crippen LogP contribution in [0, 0.1) is 5.92 Å². The second-order valence-electron chi connectivity index (χ2n) is 5.35. The van der Waals surface area contributed by atoms with Gasteiger partial charge in [0.25, 0.3) is 0 Å². The number of carbonyl (C=O) groups is 1. The predicted octanol–water partition coefficient (Wildman–Crippen LogP) is 1.42. The number of carbonyl (C=O) groups excluding carboxylic acids is 1. The molecule has 5 heteroatoms. The van der Waals surface area contributed by atoms with Gasteiger partial charge in [0.15, 0.2) is 0 Å². The first-order valence-electron chi connectivity index (χ1n) is 6.92. The van der Waals surface area contributed by atoms with Crippen molar-refractivity contribution in [3.05, 3.63) is 35.9 Å². The highest BCUT2D eigenvalue weighted by molar-refractivity contribution is 6.12. The molecular formula is C15H17BO4. The van der Waals surface area contributed by atoms with Crippen LogP contribution < -0.4 is 0 Å². The van der Waals surface area contributed by atoms with Crippen LogP contribution in [0.2, 0.25) is 0 Å². The molecule has 2 fully saturated rings. The average molecular weight is 272 g/mol. The molecule has 1 aromatic carbocycles. The van der Waals surface area contributed by atoms with Crippen LogP contribution in [-0.4, -0.2) is 38.1 Å². The Kier molecular flexibility index (Phi) is 3.56. The summed E-state index contributed by atoms with van der Waals surface area (Å²) in [4.78, 5) is 12.4. The summed E-state index contributed by atoms with van der Waals surface area (Å²) in [6, 6.07) is 9.05. The Bertz CT molecular complexity index is 492. The van der Waals surface area contributed by atoms with E-state index in [-0.39, 0.29) is 12.6 Å². The van der Waals surface area contributed by atoms with Crippen molar-refractivity contribution < 1.29 is 19.0 Å². The summed E-state index contributed by atoms with van der Waals surface area (Å²) in [6.07, 6.45) is 0.292. The zero-order valence-electron chi connectivity index (χ0n) is 11.5. The largest absolute Gasteiger partial charge is 0.460 e. The Morgan fingerprint density at radius 1 is 1.45 bits per heavy atom. The molecule has 0 spiro atoms. The highest BCUT2D eigenvalue weighted by Gasteiger charge is 2.62. The van der Waals surface area contributed by atoms with E-state index >= 15 is 0 Å². The number of ether oxygens (including phenoxy) is 3. The lowest BCUT2D eigenvalue weighted by Gasteiger charge is -2.29. The van der Waals surface area contributed by atoms with Crippen molar-refractivity contribution in [1.29, 1.82) is 0 Å². The number of esters is 1. The summed E-state index contributed by atoms with van der Waals surface area (Å²) in [5.74, 6) is -0.711. The number of rotatable bonds is 4. The second kappa shape index (κ2) is 5.22. The topological polar surface area (TPSA) is 44.8 Å². The molecular weight excluding hydrogens is 255 g/mol. The molecule has 2 radical (unpaired) electrons. The summed E-state index contributed by atoms with van der Waals surface area (Å²) in [7, 11) is 5.86. The minimum atomic E-state index is -0.613. The molecule has 2 bridgehead atoms. The average Bonchev–Trinajstić information content (AvgIpc) is 2.98. The van der Waals surface area contributed by atoms with Crippen LogP contribution in [-0.2, 0) is 25.6 Å². The van der Waals surface area contributed by atoms with Gasteiger partial charge in [-0.3, -0.25) is 4.79 Å². The molecule has 2 heterocycles. The Hall–Kier alpha value is -1.33. The predicted molar refractivity (Wildman–Crippen MR) is 73.1 cm³/mol. The maximum atomic E-state index is 12.4. The molecule has 4 nitrogen and oxygen atoms in total. The van der Waals surface area contributed by atoms with Crippen molar-refractivity contribution >= 4 is 13.8 Å². The van der Waals surface area contributed by atoms with E-state index in [4.69, 9.17) is 22.1 Å². The second-order valence-corrected chi connectivity index (χ2v) is 5.35. The van der Waals surface area contributed by atoms with Crippen molar-refractivity contribution in [1.82, 2.24) is 0 Å².